The third kappa shape index (κ3) is 3.64. The van der Waals surface area contributed by atoms with Crippen LogP contribution < -0.4 is 16.0 Å². The van der Waals surface area contributed by atoms with Gasteiger partial charge in [-0.3, -0.25) is 18.9 Å². The van der Waals surface area contributed by atoms with Gasteiger partial charge in [0.1, 0.15) is 18.4 Å². The molecule has 1 saturated heterocycles. The number of hydrogen-bond acceptors (Lipinski definition) is 7. The van der Waals surface area contributed by atoms with Crippen molar-refractivity contribution < 1.29 is 33.5 Å². The standard InChI is InChI=1S/C10H15N2O9P/c1-19-6-3-12(10(15)11-9(6)14)8-2-5(7(4-13)20-8)21-22(16,17)18/h3,5,7-8,13H,2,4H2,1H3,(H,11,14,15)(H2,16,17,18)/t5-,7+,8+/m0/s1. The van der Waals surface area contributed by atoms with E-state index < -0.39 is 44.1 Å². The fourth-order valence-corrected chi connectivity index (χ4v) is 2.72. The summed E-state index contributed by atoms with van der Waals surface area (Å²) in [4.78, 5) is 42.9. The van der Waals surface area contributed by atoms with Crippen molar-refractivity contribution in [3.63, 3.8) is 0 Å². The van der Waals surface area contributed by atoms with Crippen LogP contribution in [0, 0.1) is 0 Å². The van der Waals surface area contributed by atoms with Crippen molar-refractivity contribution in [2.24, 2.45) is 0 Å². The van der Waals surface area contributed by atoms with Crippen molar-refractivity contribution in [2.45, 2.75) is 24.9 Å². The fraction of sp³-hybridized carbons (Fsp3) is 0.600. The molecule has 1 aliphatic rings. The van der Waals surface area contributed by atoms with E-state index in [9.17, 15) is 19.3 Å². The molecule has 0 bridgehead atoms. The normalized spacial score (nSPS) is 25.4. The van der Waals surface area contributed by atoms with E-state index in [-0.39, 0.29) is 12.2 Å². The molecule has 3 atom stereocenters. The predicted octanol–water partition coefficient (Wildman–Crippen LogP) is -1.70. The smallest absolute Gasteiger partial charge is 0.469 e. The maximum atomic E-state index is 11.8. The van der Waals surface area contributed by atoms with E-state index in [1.807, 2.05) is 4.98 Å². The average molecular weight is 338 g/mol. The number of hydrogen-bond donors (Lipinski definition) is 4. The van der Waals surface area contributed by atoms with Gasteiger partial charge in [0, 0.05) is 6.42 Å². The molecule has 0 amide bonds. The highest BCUT2D eigenvalue weighted by atomic mass is 31.2. The summed E-state index contributed by atoms with van der Waals surface area (Å²) < 4.78 is 26.6. The van der Waals surface area contributed by atoms with Gasteiger partial charge >= 0.3 is 13.5 Å². The zero-order valence-electron chi connectivity index (χ0n) is 11.4. The molecule has 2 heterocycles. The van der Waals surface area contributed by atoms with Gasteiger partial charge in [-0.2, -0.15) is 0 Å². The second-order valence-electron chi connectivity index (χ2n) is 4.55. The van der Waals surface area contributed by atoms with Gasteiger partial charge in [-0.1, -0.05) is 0 Å². The number of aromatic amines is 1. The highest BCUT2D eigenvalue weighted by Crippen LogP contribution is 2.43. The molecule has 124 valence electrons. The Morgan fingerprint density at radius 2 is 2.18 bits per heavy atom. The van der Waals surface area contributed by atoms with Gasteiger partial charge in [-0.05, 0) is 0 Å². The lowest BCUT2D eigenvalue weighted by molar-refractivity contribution is -0.0454. The van der Waals surface area contributed by atoms with Crippen LogP contribution in [0.15, 0.2) is 15.8 Å². The Bertz CT molecular complexity index is 692. The number of nitrogens with one attached hydrogen (secondary N) is 1. The number of aromatic nitrogens is 2. The SMILES string of the molecule is COc1cn([C@H]2C[C@H](OP(=O)(O)O)[C@@H](CO)O2)c(=O)[nH]c1=O. The molecule has 1 aromatic rings. The maximum absolute atomic E-state index is 11.8. The van der Waals surface area contributed by atoms with E-state index >= 15 is 0 Å². The van der Waals surface area contributed by atoms with Crippen LogP contribution >= 0.6 is 7.82 Å². The van der Waals surface area contributed by atoms with Crippen molar-refractivity contribution in [1.82, 2.24) is 9.55 Å². The minimum absolute atomic E-state index is 0.106. The first-order valence-electron chi connectivity index (χ1n) is 6.15. The number of aliphatic hydroxyl groups excluding tert-OH is 1. The number of rotatable bonds is 5. The maximum Gasteiger partial charge on any atom is 0.469 e. The first kappa shape index (κ1) is 16.9. The summed E-state index contributed by atoms with van der Waals surface area (Å²) in [5.41, 5.74) is -1.51. The summed E-state index contributed by atoms with van der Waals surface area (Å²) in [5.74, 6) is -0.136. The highest BCUT2D eigenvalue weighted by Gasteiger charge is 2.40. The van der Waals surface area contributed by atoms with Gasteiger partial charge in [-0.15, -0.1) is 0 Å². The summed E-state index contributed by atoms with van der Waals surface area (Å²) in [6, 6.07) is 0. The molecule has 1 aliphatic heterocycles. The van der Waals surface area contributed by atoms with Gasteiger partial charge in [0.15, 0.2) is 0 Å². The third-order valence-electron chi connectivity index (χ3n) is 3.10. The lowest BCUT2D eigenvalue weighted by Crippen LogP contribution is -2.32. The van der Waals surface area contributed by atoms with Crippen molar-refractivity contribution in [1.29, 1.82) is 0 Å². The minimum atomic E-state index is -4.78. The second-order valence-corrected chi connectivity index (χ2v) is 5.74. The molecule has 0 aromatic carbocycles. The molecule has 12 heteroatoms. The molecule has 0 saturated carbocycles. The Hall–Kier alpha value is -1.49. The Labute approximate surface area is 123 Å². The van der Waals surface area contributed by atoms with Crippen LogP contribution in [0.1, 0.15) is 12.6 Å². The number of methoxy groups -OCH3 is 1. The Kier molecular flexibility index (Phi) is 4.85. The van der Waals surface area contributed by atoms with Gasteiger partial charge < -0.3 is 24.4 Å². The van der Waals surface area contributed by atoms with E-state index in [0.29, 0.717) is 0 Å². The Morgan fingerprint density at radius 1 is 1.50 bits per heavy atom. The van der Waals surface area contributed by atoms with Crippen LogP contribution in [0.2, 0.25) is 0 Å². The van der Waals surface area contributed by atoms with Crippen LogP contribution in [0.25, 0.3) is 0 Å². The fourth-order valence-electron chi connectivity index (χ4n) is 2.15. The van der Waals surface area contributed by atoms with Crippen LogP contribution in [-0.2, 0) is 13.8 Å². The predicted molar refractivity (Wildman–Crippen MR) is 70.4 cm³/mol. The lowest BCUT2D eigenvalue weighted by Gasteiger charge is -2.16. The van der Waals surface area contributed by atoms with Crippen LogP contribution in [0.3, 0.4) is 0 Å². The Morgan fingerprint density at radius 3 is 2.73 bits per heavy atom. The minimum Gasteiger partial charge on any atom is -0.490 e. The summed E-state index contributed by atoms with van der Waals surface area (Å²) in [6.45, 7) is -0.559. The molecule has 0 spiro atoms. The quantitative estimate of drug-likeness (QED) is 0.459. The van der Waals surface area contributed by atoms with E-state index in [1.54, 1.807) is 0 Å². The zero-order valence-corrected chi connectivity index (χ0v) is 12.3. The van der Waals surface area contributed by atoms with Crippen molar-refractivity contribution in [3.05, 3.63) is 27.0 Å². The number of aliphatic hydroxyl groups is 1. The van der Waals surface area contributed by atoms with Gasteiger partial charge in [-0.25, -0.2) is 9.36 Å². The topological polar surface area (TPSA) is 160 Å². The lowest BCUT2D eigenvalue weighted by atomic mass is 10.2. The van der Waals surface area contributed by atoms with E-state index in [1.165, 1.54) is 7.11 Å². The summed E-state index contributed by atoms with van der Waals surface area (Å²) in [6.07, 6.45) is -2.11. The molecule has 22 heavy (non-hydrogen) atoms. The first-order valence-corrected chi connectivity index (χ1v) is 7.68. The highest BCUT2D eigenvalue weighted by molar-refractivity contribution is 7.46. The monoisotopic (exact) mass is 338 g/mol. The molecule has 1 aromatic heterocycles. The van der Waals surface area contributed by atoms with Crippen molar-refractivity contribution in [3.8, 4) is 5.75 Å². The van der Waals surface area contributed by atoms with Crippen LogP contribution in [-0.4, -0.2) is 50.4 Å². The molecular formula is C10H15N2O9P. The summed E-state index contributed by atoms with van der Waals surface area (Å²) in [7, 11) is -3.54. The zero-order chi connectivity index (χ0) is 16.5. The number of ether oxygens (including phenoxy) is 2. The first-order chi connectivity index (χ1) is 10.2. The average Bonchev–Trinajstić information content (AvgIpc) is 2.79. The third-order valence-corrected chi connectivity index (χ3v) is 3.64. The number of H-pyrrole nitrogens is 1. The van der Waals surface area contributed by atoms with E-state index in [4.69, 9.17) is 19.3 Å². The van der Waals surface area contributed by atoms with Crippen LogP contribution in [0.4, 0.5) is 0 Å². The largest absolute Gasteiger partial charge is 0.490 e. The summed E-state index contributed by atoms with van der Waals surface area (Å²) >= 11 is 0. The van der Waals surface area contributed by atoms with Crippen molar-refractivity contribution in [2.75, 3.05) is 13.7 Å². The molecule has 4 N–H and O–H groups in total. The van der Waals surface area contributed by atoms with Gasteiger partial charge in [0.05, 0.1) is 19.9 Å². The van der Waals surface area contributed by atoms with E-state index in [2.05, 4.69) is 4.52 Å². The molecule has 0 radical (unpaired) electrons. The number of phosphoric acid groups is 1. The molecule has 0 aliphatic carbocycles. The number of phosphoric ester groups is 1. The molecular weight excluding hydrogens is 323 g/mol. The molecule has 0 unspecified atom stereocenters. The van der Waals surface area contributed by atoms with Crippen molar-refractivity contribution >= 4 is 7.82 Å². The van der Waals surface area contributed by atoms with Gasteiger partial charge in [0.2, 0.25) is 5.75 Å². The summed E-state index contributed by atoms with van der Waals surface area (Å²) in [5, 5.41) is 9.18. The second kappa shape index (κ2) is 6.32. The Balaban J connectivity index is 2.30. The van der Waals surface area contributed by atoms with Crippen LogP contribution in [0.5, 0.6) is 5.75 Å². The molecule has 1 fully saturated rings. The van der Waals surface area contributed by atoms with E-state index in [0.717, 1.165) is 10.8 Å². The number of nitrogens with zero attached hydrogens (tertiary/aromatic N) is 1. The van der Waals surface area contributed by atoms with Gasteiger partial charge in [0.25, 0.3) is 5.56 Å². The molecule has 2 rings (SSSR count). The molecule has 11 nitrogen and oxygen atoms in total.